The first-order chi connectivity index (χ1) is 8.16. The van der Waals surface area contributed by atoms with Gasteiger partial charge in [-0.25, -0.2) is 4.39 Å². The van der Waals surface area contributed by atoms with Crippen molar-refractivity contribution in [2.45, 2.75) is 6.54 Å². The highest BCUT2D eigenvalue weighted by Crippen LogP contribution is 2.08. The molecule has 0 fully saturated rings. The number of benzene rings is 1. The van der Waals surface area contributed by atoms with Crippen LogP contribution < -0.4 is 0 Å². The molecule has 1 aromatic carbocycles. The minimum atomic E-state index is -0.315. The molecule has 0 aliphatic carbocycles. The second kappa shape index (κ2) is 4.73. The Balaban J connectivity index is 2.07. The summed E-state index contributed by atoms with van der Waals surface area (Å²) in [6, 6.07) is 6.13. The molecule has 0 atom stereocenters. The molecule has 88 valence electrons. The molecule has 0 aliphatic heterocycles. The minimum Gasteiger partial charge on any atom is -0.336 e. The van der Waals surface area contributed by atoms with Crippen LogP contribution in [0.15, 0.2) is 30.5 Å². The number of nitrogens with zero attached hydrogens (tertiary/aromatic N) is 3. The van der Waals surface area contributed by atoms with E-state index in [0.29, 0.717) is 6.54 Å². The number of halogens is 1. The first kappa shape index (κ1) is 11.3. The Labute approximate surface area is 97.3 Å². The predicted molar refractivity (Wildman–Crippen MR) is 58.6 cm³/mol. The molecule has 1 heterocycles. The van der Waals surface area contributed by atoms with E-state index < -0.39 is 0 Å². The number of carbonyl (C=O) groups is 1. The van der Waals surface area contributed by atoms with Gasteiger partial charge in [0.25, 0.3) is 5.91 Å². The molecule has 2 rings (SSSR count). The lowest BCUT2D eigenvalue weighted by Crippen LogP contribution is -2.26. The molecule has 0 bridgehead atoms. The van der Waals surface area contributed by atoms with E-state index in [9.17, 15) is 9.18 Å². The lowest BCUT2D eigenvalue weighted by Gasteiger charge is -2.15. The molecule has 0 saturated carbocycles. The number of amides is 1. The highest BCUT2D eigenvalue weighted by Gasteiger charge is 2.14. The molecule has 5 nitrogen and oxygen atoms in total. The van der Waals surface area contributed by atoms with E-state index >= 15 is 0 Å². The Morgan fingerprint density at radius 2 is 2.35 bits per heavy atom. The van der Waals surface area contributed by atoms with E-state index in [2.05, 4.69) is 15.4 Å². The maximum absolute atomic E-state index is 13.0. The zero-order valence-corrected chi connectivity index (χ0v) is 9.22. The Hall–Kier alpha value is -2.24. The van der Waals surface area contributed by atoms with E-state index in [4.69, 9.17) is 0 Å². The summed E-state index contributed by atoms with van der Waals surface area (Å²) in [5, 5.41) is 9.63. The Morgan fingerprint density at radius 1 is 1.53 bits per heavy atom. The van der Waals surface area contributed by atoms with Crippen LogP contribution in [0.3, 0.4) is 0 Å². The summed E-state index contributed by atoms with van der Waals surface area (Å²) in [5.41, 5.74) is 0.966. The molecule has 0 unspecified atom stereocenters. The number of hydrogen-bond donors (Lipinski definition) is 1. The summed E-state index contributed by atoms with van der Waals surface area (Å²) in [4.78, 5) is 13.3. The van der Waals surface area contributed by atoms with E-state index in [1.54, 1.807) is 19.2 Å². The second-order valence-electron chi connectivity index (χ2n) is 3.65. The number of hydrogen-bond acceptors (Lipinski definition) is 3. The van der Waals surface area contributed by atoms with Crippen LogP contribution in [0.25, 0.3) is 0 Å². The van der Waals surface area contributed by atoms with Crippen molar-refractivity contribution >= 4 is 5.91 Å². The van der Waals surface area contributed by atoms with Gasteiger partial charge >= 0.3 is 0 Å². The summed E-state index contributed by atoms with van der Waals surface area (Å²) < 4.78 is 13.0. The number of H-pyrrole nitrogens is 1. The van der Waals surface area contributed by atoms with Crippen LogP contribution in [0, 0.1) is 5.82 Å². The number of nitrogens with one attached hydrogen (secondary N) is 1. The number of carbonyl (C=O) groups excluding carboxylic acids is 1. The van der Waals surface area contributed by atoms with Crippen LogP contribution in [-0.4, -0.2) is 33.3 Å². The van der Waals surface area contributed by atoms with E-state index in [1.165, 1.54) is 23.2 Å². The predicted octanol–water partition coefficient (Wildman–Crippen LogP) is 1.22. The van der Waals surface area contributed by atoms with Crippen LogP contribution in [0.4, 0.5) is 4.39 Å². The van der Waals surface area contributed by atoms with Gasteiger partial charge < -0.3 is 4.90 Å². The standard InChI is InChI=1S/C11H11FN4O/c1-16(11(17)10-6-13-15-14-10)7-8-3-2-4-9(12)5-8/h2-6H,7H2,1H3,(H,13,14,15). The summed E-state index contributed by atoms with van der Waals surface area (Å²) in [5.74, 6) is -0.576. The summed E-state index contributed by atoms with van der Waals surface area (Å²) in [7, 11) is 1.63. The smallest absolute Gasteiger partial charge is 0.276 e. The van der Waals surface area contributed by atoms with Crippen molar-refractivity contribution in [2.24, 2.45) is 0 Å². The molecule has 6 heteroatoms. The maximum atomic E-state index is 13.0. The fraction of sp³-hybridized carbons (Fsp3) is 0.182. The summed E-state index contributed by atoms with van der Waals surface area (Å²) in [6.07, 6.45) is 1.35. The maximum Gasteiger partial charge on any atom is 0.276 e. The largest absolute Gasteiger partial charge is 0.336 e. The topological polar surface area (TPSA) is 61.9 Å². The third-order valence-corrected chi connectivity index (χ3v) is 2.29. The molecule has 17 heavy (non-hydrogen) atoms. The Bertz CT molecular complexity index is 512. The quantitative estimate of drug-likeness (QED) is 0.868. The molecule has 0 spiro atoms. The van der Waals surface area contributed by atoms with E-state index in [1.807, 2.05) is 0 Å². The van der Waals surface area contributed by atoms with Gasteiger partial charge in [0.1, 0.15) is 5.82 Å². The third kappa shape index (κ3) is 2.66. The monoisotopic (exact) mass is 234 g/mol. The van der Waals surface area contributed by atoms with Crippen molar-refractivity contribution in [1.82, 2.24) is 20.3 Å². The van der Waals surface area contributed by atoms with E-state index in [-0.39, 0.29) is 17.4 Å². The zero-order chi connectivity index (χ0) is 12.3. The molecular formula is C11H11FN4O. The van der Waals surface area contributed by atoms with Crippen molar-refractivity contribution < 1.29 is 9.18 Å². The minimum absolute atomic E-state index is 0.240. The van der Waals surface area contributed by atoms with Crippen LogP contribution in [-0.2, 0) is 6.54 Å². The molecule has 0 radical (unpaired) electrons. The van der Waals surface area contributed by atoms with Gasteiger partial charge in [-0.1, -0.05) is 12.1 Å². The molecule has 2 aromatic rings. The zero-order valence-electron chi connectivity index (χ0n) is 9.22. The summed E-state index contributed by atoms with van der Waals surface area (Å²) in [6.45, 7) is 0.323. The normalized spacial score (nSPS) is 10.2. The first-order valence-electron chi connectivity index (χ1n) is 5.02. The Kier molecular flexibility index (Phi) is 3.13. The van der Waals surface area contributed by atoms with Crippen LogP contribution in [0.5, 0.6) is 0 Å². The van der Waals surface area contributed by atoms with Crippen molar-refractivity contribution in [2.75, 3.05) is 7.05 Å². The van der Waals surface area contributed by atoms with Crippen LogP contribution in [0.2, 0.25) is 0 Å². The van der Waals surface area contributed by atoms with Crippen LogP contribution in [0.1, 0.15) is 16.1 Å². The summed E-state index contributed by atoms with van der Waals surface area (Å²) >= 11 is 0. The molecular weight excluding hydrogens is 223 g/mol. The van der Waals surface area contributed by atoms with Crippen molar-refractivity contribution in [1.29, 1.82) is 0 Å². The van der Waals surface area contributed by atoms with Gasteiger partial charge in [-0.3, -0.25) is 4.79 Å². The fourth-order valence-corrected chi connectivity index (χ4v) is 1.48. The average molecular weight is 234 g/mol. The second-order valence-corrected chi connectivity index (χ2v) is 3.65. The number of rotatable bonds is 3. The lowest BCUT2D eigenvalue weighted by atomic mass is 10.2. The highest BCUT2D eigenvalue weighted by atomic mass is 19.1. The average Bonchev–Trinajstić information content (AvgIpc) is 2.81. The van der Waals surface area contributed by atoms with E-state index in [0.717, 1.165) is 5.56 Å². The number of aromatic amines is 1. The van der Waals surface area contributed by atoms with Crippen LogP contribution >= 0.6 is 0 Å². The van der Waals surface area contributed by atoms with Crippen molar-refractivity contribution in [3.05, 3.63) is 47.5 Å². The highest BCUT2D eigenvalue weighted by molar-refractivity contribution is 5.91. The van der Waals surface area contributed by atoms with Gasteiger partial charge in [-0.15, -0.1) is 0 Å². The number of aromatic nitrogens is 3. The SMILES string of the molecule is CN(Cc1cccc(F)c1)C(=O)c1cn[nH]n1. The fourth-order valence-electron chi connectivity index (χ4n) is 1.48. The van der Waals surface area contributed by atoms with Crippen molar-refractivity contribution in [3.8, 4) is 0 Å². The van der Waals surface area contributed by atoms with Crippen molar-refractivity contribution in [3.63, 3.8) is 0 Å². The molecule has 1 N–H and O–H groups in total. The molecule has 0 aliphatic rings. The third-order valence-electron chi connectivity index (χ3n) is 2.29. The van der Waals surface area contributed by atoms with Gasteiger partial charge in [0.05, 0.1) is 6.20 Å². The Morgan fingerprint density at radius 3 is 3.00 bits per heavy atom. The van der Waals surface area contributed by atoms with Gasteiger partial charge in [0.15, 0.2) is 5.69 Å². The molecule has 0 saturated heterocycles. The molecule has 1 amide bonds. The van der Waals surface area contributed by atoms with Gasteiger partial charge in [0.2, 0.25) is 0 Å². The van der Waals surface area contributed by atoms with Gasteiger partial charge in [-0.2, -0.15) is 15.4 Å². The lowest BCUT2D eigenvalue weighted by molar-refractivity contribution is 0.0779. The first-order valence-corrected chi connectivity index (χ1v) is 5.02. The van der Waals surface area contributed by atoms with Gasteiger partial charge in [0, 0.05) is 13.6 Å². The van der Waals surface area contributed by atoms with Gasteiger partial charge in [-0.05, 0) is 17.7 Å². The molecule has 1 aromatic heterocycles.